The van der Waals surface area contributed by atoms with Gasteiger partial charge in [0.25, 0.3) is 0 Å². The molecule has 1 amide bonds. The van der Waals surface area contributed by atoms with Crippen molar-refractivity contribution in [3.05, 3.63) is 35.9 Å². The number of benzene rings is 1. The van der Waals surface area contributed by atoms with E-state index in [1.807, 2.05) is 30.3 Å². The van der Waals surface area contributed by atoms with Gasteiger partial charge in [0, 0.05) is 20.0 Å². The van der Waals surface area contributed by atoms with Crippen LogP contribution >= 0.6 is 0 Å². The fraction of sp³-hybridized carbons (Fsp3) is 0.529. The number of amides is 1. The maximum atomic E-state index is 12.5. The Bertz CT molecular complexity index is 500. The quantitative estimate of drug-likeness (QED) is 0.836. The highest BCUT2D eigenvalue weighted by Gasteiger charge is 2.43. The second-order valence-electron chi connectivity index (χ2n) is 5.60. The molecule has 1 saturated carbocycles. The van der Waals surface area contributed by atoms with Crippen LogP contribution in [0, 0.1) is 0 Å². The molecular formula is C17H23NO3. The molecule has 1 aromatic rings. The van der Waals surface area contributed by atoms with Gasteiger partial charge in [0.1, 0.15) is 5.78 Å². The summed E-state index contributed by atoms with van der Waals surface area (Å²) in [7, 11) is 1.72. The zero-order valence-corrected chi connectivity index (χ0v) is 12.8. The lowest BCUT2D eigenvalue weighted by atomic mass is 9.75. The van der Waals surface area contributed by atoms with E-state index in [0.717, 1.165) is 18.4 Å². The number of nitrogens with zero attached hydrogens (tertiary/aromatic N) is 1. The van der Waals surface area contributed by atoms with Crippen LogP contribution in [0.25, 0.3) is 0 Å². The number of rotatable bonds is 5. The fourth-order valence-corrected chi connectivity index (χ4v) is 3.08. The third-order valence-electron chi connectivity index (χ3n) is 4.32. The maximum absolute atomic E-state index is 12.5. The standard InChI is InChI=1S/C17H23NO3/c1-3-21-16(20)18(2)13-12-17(11-7-10-15(17)19)14-8-5-4-6-9-14/h4-6,8-9H,3,7,10-13H2,1-2H3. The molecular weight excluding hydrogens is 266 g/mol. The minimum absolute atomic E-state index is 0.297. The van der Waals surface area contributed by atoms with E-state index >= 15 is 0 Å². The average molecular weight is 289 g/mol. The number of carbonyl (C=O) groups excluding carboxylic acids is 2. The highest BCUT2D eigenvalue weighted by atomic mass is 16.5. The van der Waals surface area contributed by atoms with Crippen molar-refractivity contribution in [1.82, 2.24) is 4.90 Å². The first kappa shape index (κ1) is 15.5. The van der Waals surface area contributed by atoms with Crippen molar-refractivity contribution in [2.45, 2.75) is 38.0 Å². The molecule has 21 heavy (non-hydrogen) atoms. The molecule has 0 aliphatic heterocycles. The van der Waals surface area contributed by atoms with Crippen LogP contribution in [0.5, 0.6) is 0 Å². The summed E-state index contributed by atoms with van der Waals surface area (Å²) in [6.45, 7) is 2.68. The van der Waals surface area contributed by atoms with Crippen LogP contribution < -0.4 is 0 Å². The lowest BCUT2D eigenvalue weighted by Crippen LogP contribution is -2.37. The Hall–Kier alpha value is -1.84. The van der Waals surface area contributed by atoms with E-state index in [-0.39, 0.29) is 6.09 Å². The highest BCUT2D eigenvalue weighted by Crippen LogP contribution is 2.41. The minimum Gasteiger partial charge on any atom is -0.450 e. The van der Waals surface area contributed by atoms with Crippen molar-refractivity contribution < 1.29 is 14.3 Å². The average Bonchev–Trinajstić information content (AvgIpc) is 2.88. The summed E-state index contributed by atoms with van der Waals surface area (Å²) < 4.78 is 4.99. The van der Waals surface area contributed by atoms with Gasteiger partial charge in [0.2, 0.25) is 0 Å². The maximum Gasteiger partial charge on any atom is 0.409 e. The van der Waals surface area contributed by atoms with Crippen molar-refractivity contribution in [1.29, 1.82) is 0 Å². The predicted octanol–water partition coefficient (Wildman–Crippen LogP) is 3.16. The van der Waals surface area contributed by atoms with Crippen LogP contribution in [-0.2, 0) is 14.9 Å². The first-order chi connectivity index (χ1) is 10.1. The van der Waals surface area contributed by atoms with Gasteiger partial charge in [0.05, 0.1) is 12.0 Å². The third kappa shape index (κ3) is 3.26. The van der Waals surface area contributed by atoms with Gasteiger partial charge >= 0.3 is 6.09 Å². The Morgan fingerprint density at radius 3 is 2.62 bits per heavy atom. The highest BCUT2D eigenvalue weighted by molar-refractivity contribution is 5.92. The summed E-state index contributed by atoms with van der Waals surface area (Å²) in [6, 6.07) is 9.94. The molecule has 0 spiro atoms. The Kier molecular flexibility index (Phi) is 4.99. The van der Waals surface area contributed by atoms with Crippen LogP contribution in [-0.4, -0.2) is 37.0 Å². The van der Waals surface area contributed by atoms with Crippen molar-refractivity contribution in [3.8, 4) is 0 Å². The van der Waals surface area contributed by atoms with Gasteiger partial charge in [0.15, 0.2) is 0 Å². The van der Waals surface area contributed by atoms with Gasteiger partial charge in [-0.15, -0.1) is 0 Å². The monoisotopic (exact) mass is 289 g/mol. The molecule has 0 radical (unpaired) electrons. The van der Waals surface area contributed by atoms with E-state index in [1.165, 1.54) is 0 Å². The fourth-order valence-electron chi connectivity index (χ4n) is 3.08. The SMILES string of the molecule is CCOC(=O)N(C)CCC1(c2ccccc2)CCCC1=O. The summed E-state index contributed by atoms with van der Waals surface area (Å²) in [5.74, 6) is 0.297. The second kappa shape index (κ2) is 6.74. The Labute approximate surface area is 126 Å². The van der Waals surface area contributed by atoms with E-state index in [4.69, 9.17) is 4.74 Å². The molecule has 1 aliphatic rings. The molecule has 1 fully saturated rings. The van der Waals surface area contributed by atoms with Crippen molar-refractivity contribution in [2.24, 2.45) is 0 Å². The van der Waals surface area contributed by atoms with Gasteiger partial charge in [-0.05, 0) is 31.7 Å². The minimum atomic E-state index is -0.429. The molecule has 2 rings (SSSR count). The first-order valence-electron chi connectivity index (χ1n) is 7.57. The van der Waals surface area contributed by atoms with E-state index in [9.17, 15) is 9.59 Å². The van der Waals surface area contributed by atoms with Crippen LogP contribution in [0.3, 0.4) is 0 Å². The van der Waals surface area contributed by atoms with Gasteiger partial charge in [-0.2, -0.15) is 0 Å². The van der Waals surface area contributed by atoms with Crippen LogP contribution in [0.2, 0.25) is 0 Å². The number of carbonyl (C=O) groups is 2. The Morgan fingerprint density at radius 2 is 2.05 bits per heavy atom. The molecule has 1 unspecified atom stereocenters. The summed E-state index contributed by atoms with van der Waals surface area (Å²) in [5, 5.41) is 0. The topological polar surface area (TPSA) is 46.6 Å². The van der Waals surface area contributed by atoms with E-state index < -0.39 is 5.41 Å². The van der Waals surface area contributed by atoms with Crippen molar-refractivity contribution >= 4 is 11.9 Å². The van der Waals surface area contributed by atoms with E-state index in [0.29, 0.717) is 31.8 Å². The summed E-state index contributed by atoms with van der Waals surface area (Å²) in [4.78, 5) is 25.7. The van der Waals surface area contributed by atoms with E-state index in [1.54, 1.807) is 18.9 Å². The van der Waals surface area contributed by atoms with E-state index in [2.05, 4.69) is 0 Å². The predicted molar refractivity (Wildman–Crippen MR) is 81.2 cm³/mol. The molecule has 114 valence electrons. The number of ether oxygens (including phenoxy) is 1. The molecule has 0 aromatic heterocycles. The van der Waals surface area contributed by atoms with Gasteiger partial charge in [-0.25, -0.2) is 4.79 Å². The molecule has 0 saturated heterocycles. The first-order valence-corrected chi connectivity index (χ1v) is 7.57. The van der Waals surface area contributed by atoms with Crippen molar-refractivity contribution in [3.63, 3.8) is 0 Å². The number of Topliss-reactive ketones (excluding diaryl/α,β-unsaturated/α-hetero) is 1. The third-order valence-corrected chi connectivity index (χ3v) is 4.32. The lowest BCUT2D eigenvalue weighted by Gasteiger charge is -2.30. The van der Waals surface area contributed by atoms with Gasteiger partial charge < -0.3 is 9.64 Å². The molecule has 4 heteroatoms. The lowest BCUT2D eigenvalue weighted by molar-refractivity contribution is -0.122. The molecule has 1 aliphatic carbocycles. The normalized spacial score (nSPS) is 21.3. The smallest absolute Gasteiger partial charge is 0.409 e. The number of ketones is 1. The molecule has 1 aromatic carbocycles. The Balaban J connectivity index is 2.12. The number of hydrogen-bond donors (Lipinski definition) is 0. The second-order valence-corrected chi connectivity index (χ2v) is 5.60. The number of hydrogen-bond acceptors (Lipinski definition) is 3. The zero-order valence-electron chi connectivity index (χ0n) is 12.8. The summed E-state index contributed by atoms with van der Waals surface area (Å²) in [6.07, 6.45) is 2.76. The zero-order chi connectivity index (χ0) is 15.3. The van der Waals surface area contributed by atoms with Gasteiger partial charge in [-0.3, -0.25) is 4.79 Å². The van der Waals surface area contributed by atoms with Crippen LogP contribution in [0.1, 0.15) is 38.2 Å². The Morgan fingerprint density at radius 1 is 1.33 bits per heavy atom. The summed E-state index contributed by atoms with van der Waals surface area (Å²) in [5.41, 5.74) is 0.645. The van der Waals surface area contributed by atoms with Crippen LogP contribution in [0.4, 0.5) is 4.79 Å². The molecule has 1 atom stereocenters. The largest absolute Gasteiger partial charge is 0.450 e. The summed E-state index contributed by atoms with van der Waals surface area (Å²) >= 11 is 0. The van der Waals surface area contributed by atoms with Crippen molar-refractivity contribution in [2.75, 3.05) is 20.2 Å². The molecule has 0 bridgehead atoms. The molecule has 0 N–H and O–H groups in total. The molecule has 0 heterocycles. The molecule has 4 nitrogen and oxygen atoms in total. The van der Waals surface area contributed by atoms with Gasteiger partial charge in [-0.1, -0.05) is 30.3 Å². The van der Waals surface area contributed by atoms with Crippen LogP contribution in [0.15, 0.2) is 30.3 Å².